The number of aryl methyl sites for hydroxylation is 1. The number of carbonyl (C=O) groups is 1. The number of hydrogen-bond donors (Lipinski definition) is 0. The summed E-state index contributed by atoms with van der Waals surface area (Å²) < 4.78 is 5.09. The zero-order chi connectivity index (χ0) is 13.7. The summed E-state index contributed by atoms with van der Waals surface area (Å²) in [5, 5.41) is 0. The molecule has 0 bridgehead atoms. The molecule has 1 aromatic rings. The monoisotopic (exact) mass is 262 g/mol. The fraction of sp³-hybridized carbons (Fsp3) is 0.600. The van der Waals surface area contributed by atoms with E-state index in [1.165, 1.54) is 5.56 Å². The number of rotatable bonds is 4. The van der Waals surface area contributed by atoms with Crippen molar-refractivity contribution < 1.29 is 9.53 Å². The van der Waals surface area contributed by atoms with Crippen LogP contribution in [0.15, 0.2) is 18.3 Å². The minimum absolute atomic E-state index is 0.0427. The van der Waals surface area contributed by atoms with Crippen LogP contribution in [0.25, 0.3) is 0 Å². The van der Waals surface area contributed by atoms with Crippen molar-refractivity contribution in [2.75, 3.05) is 24.6 Å². The van der Waals surface area contributed by atoms with Gasteiger partial charge >= 0.3 is 5.97 Å². The molecule has 2 heterocycles. The molecule has 1 saturated heterocycles. The molecule has 4 heteroatoms. The van der Waals surface area contributed by atoms with Gasteiger partial charge in [0.2, 0.25) is 0 Å². The summed E-state index contributed by atoms with van der Waals surface area (Å²) in [6.45, 7) is 6.24. The van der Waals surface area contributed by atoms with E-state index in [0.29, 0.717) is 6.61 Å². The summed E-state index contributed by atoms with van der Waals surface area (Å²) in [7, 11) is 0. The highest BCUT2D eigenvalue weighted by molar-refractivity contribution is 5.72. The summed E-state index contributed by atoms with van der Waals surface area (Å²) in [5.74, 6) is 1.09. The Hall–Kier alpha value is -1.58. The zero-order valence-electron chi connectivity index (χ0n) is 11.8. The lowest BCUT2D eigenvalue weighted by atomic mass is 9.96. The number of piperidine rings is 1. The van der Waals surface area contributed by atoms with Crippen molar-refractivity contribution in [2.24, 2.45) is 5.92 Å². The summed E-state index contributed by atoms with van der Waals surface area (Å²) in [6.07, 6.45) is 4.55. The van der Waals surface area contributed by atoms with Crippen LogP contribution in [0.2, 0.25) is 0 Å². The van der Waals surface area contributed by atoms with Crippen LogP contribution in [0.5, 0.6) is 0 Å². The van der Waals surface area contributed by atoms with E-state index in [1.807, 2.05) is 19.2 Å². The van der Waals surface area contributed by atoms with Gasteiger partial charge in [0, 0.05) is 19.3 Å². The van der Waals surface area contributed by atoms with E-state index < -0.39 is 0 Å². The van der Waals surface area contributed by atoms with E-state index in [9.17, 15) is 4.79 Å². The van der Waals surface area contributed by atoms with E-state index in [-0.39, 0.29) is 11.9 Å². The smallest absolute Gasteiger partial charge is 0.309 e. The fourth-order valence-corrected chi connectivity index (χ4v) is 2.58. The molecule has 1 fully saturated rings. The molecule has 0 spiro atoms. The van der Waals surface area contributed by atoms with Crippen LogP contribution in [0.1, 0.15) is 32.3 Å². The molecule has 104 valence electrons. The molecule has 0 aliphatic carbocycles. The van der Waals surface area contributed by atoms with Gasteiger partial charge in [-0.25, -0.2) is 4.98 Å². The van der Waals surface area contributed by atoms with Crippen molar-refractivity contribution in [1.82, 2.24) is 4.98 Å². The number of pyridine rings is 1. The molecule has 2 rings (SSSR count). The van der Waals surface area contributed by atoms with Crippen molar-refractivity contribution in [3.05, 3.63) is 23.9 Å². The highest BCUT2D eigenvalue weighted by atomic mass is 16.5. The topological polar surface area (TPSA) is 42.4 Å². The minimum Gasteiger partial charge on any atom is -0.466 e. The predicted octanol–water partition coefficient (Wildman–Crippen LogP) is 2.42. The second-order valence-corrected chi connectivity index (χ2v) is 4.85. The molecule has 4 nitrogen and oxygen atoms in total. The maximum absolute atomic E-state index is 11.7. The molecule has 0 radical (unpaired) electrons. The molecular weight excluding hydrogens is 240 g/mol. The largest absolute Gasteiger partial charge is 0.466 e. The Labute approximate surface area is 114 Å². The Kier molecular flexibility index (Phi) is 4.77. The van der Waals surface area contributed by atoms with Gasteiger partial charge < -0.3 is 9.64 Å². The Balaban J connectivity index is 1.98. The number of anilines is 1. The minimum atomic E-state index is -0.0427. The molecular formula is C15H22N2O2. The van der Waals surface area contributed by atoms with Crippen molar-refractivity contribution in [1.29, 1.82) is 0 Å². The molecule has 0 saturated carbocycles. The van der Waals surface area contributed by atoms with Crippen LogP contribution in [-0.2, 0) is 16.0 Å². The average molecular weight is 262 g/mol. The third kappa shape index (κ3) is 3.25. The SMILES string of the molecule is CCOC(=O)C1CCN(c2ncccc2CC)CC1. The molecule has 1 aromatic heterocycles. The molecule has 0 amide bonds. The van der Waals surface area contributed by atoms with E-state index in [1.54, 1.807) is 0 Å². The van der Waals surface area contributed by atoms with Crippen molar-refractivity contribution in [3.8, 4) is 0 Å². The maximum Gasteiger partial charge on any atom is 0.309 e. The van der Waals surface area contributed by atoms with E-state index in [2.05, 4.69) is 22.9 Å². The van der Waals surface area contributed by atoms with Gasteiger partial charge in [0.1, 0.15) is 5.82 Å². The Bertz CT molecular complexity index is 426. The highest BCUT2D eigenvalue weighted by Gasteiger charge is 2.27. The third-order valence-corrected chi connectivity index (χ3v) is 3.66. The molecule has 19 heavy (non-hydrogen) atoms. The second-order valence-electron chi connectivity index (χ2n) is 4.85. The lowest BCUT2D eigenvalue weighted by Gasteiger charge is -2.32. The van der Waals surface area contributed by atoms with Crippen LogP contribution >= 0.6 is 0 Å². The standard InChI is InChI=1S/C15H22N2O2/c1-3-12-6-5-9-16-14(12)17-10-7-13(8-11-17)15(18)19-4-2/h5-6,9,13H,3-4,7-8,10-11H2,1-2H3. The van der Waals surface area contributed by atoms with Gasteiger partial charge in [0.25, 0.3) is 0 Å². The molecule has 0 aromatic carbocycles. The van der Waals surface area contributed by atoms with Gasteiger partial charge in [0.15, 0.2) is 0 Å². The van der Waals surface area contributed by atoms with Crippen LogP contribution in [0.3, 0.4) is 0 Å². The van der Waals surface area contributed by atoms with E-state index >= 15 is 0 Å². The summed E-state index contributed by atoms with van der Waals surface area (Å²) in [6, 6.07) is 4.10. The molecule has 0 N–H and O–H groups in total. The van der Waals surface area contributed by atoms with Gasteiger partial charge in [-0.3, -0.25) is 4.79 Å². The Morgan fingerprint density at radius 1 is 1.42 bits per heavy atom. The maximum atomic E-state index is 11.7. The molecule has 1 aliphatic heterocycles. The number of carbonyl (C=O) groups excluding carboxylic acids is 1. The Morgan fingerprint density at radius 3 is 2.79 bits per heavy atom. The Morgan fingerprint density at radius 2 is 2.16 bits per heavy atom. The van der Waals surface area contributed by atoms with Gasteiger partial charge in [-0.2, -0.15) is 0 Å². The predicted molar refractivity (Wildman–Crippen MR) is 75.2 cm³/mol. The number of aromatic nitrogens is 1. The quantitative estimate of drug-likeness (QED) is 0.782. The number of hydrogen-bond acceptors (Lipinski definition) is 4. The molecule has 1 aliphatic rings. The summed E-state index contributed by atoms with van der Waals surface area (Å²) in [4.78, 5) is 18.5. The lowest BCUT2D eigenvalue weighted by Crippen LogP contribution is -2.37. The summed E-state index contributed by atoms with van der Waals surface area (Å²) >= 11 is 0. The van der Waals surface area contributed by atoms with Gasteiger partial charge in [-0.15, -0.1) is 0 Å². The number of ether oxygens (including phenoxy) is 1. The normalized spacial score (nSPS) is 16.4. The second kappa shape index (κ2) is 6.55. The first-order valence-corrected chi connectivity index (χ1v) is 7.11. The van der Waals surface area contributed by atoms with Crippen LogP contribution < -0.4 is 4.90 Å². The van der Waals surface area contributed by atoms with Crippen LogP contribution in [-0.4, -0.2) is 30.6 Å². The number of esters is 1. The summed E-state index contributed by atoms with van der Waals surface area (Å²) in [5.41, 5.74) is 1.28. The highest BCUT2D eigenvalue weighted by Crippen LogP contribution is 2.25. The third-order valence-electron chi connectivity index (χ3n) is 3.66. The van der Waals surface area contributed by atoms with Gasteiger partial charge in [0.05, 0.1) is 12.5 Å². The fourth-order valence-electron chi connectivity index (χ4n) is 2.58. The lowest BCUT2D eigenvalue weighted by molar-refractivity contribution is -0.148. The van der Waals surface area contributed by atoms with Crippen molar-refractivity contribution >= 4 is 11.8 Å². The van der Waals surface area contributed by atoms with Gasteiger partial charge in [-0.1, -0.05) is 13.0 Å². The number of nitrogens with zero attached hydrogens (tertiary/aromatic N) is 2. The average Bonchev–Trinajstić information content (AvgIpc) is 2.47. The van der Waals surface area contributed by atoms with Crippen molar-refractivity contribution in [2.45, 2.75) is 33.1 Å². The zero-order valence-corrected chi connectivity index (χ0v) is 11.8. The molecule has 0 atom stereocenters. The van der Waals surface area contributed by atoms with Gasteiger partial charge in [-0.05, 0) is 37.8 Å². The van der Waals surface area contributed by atoms with Crippen LogP contribution in [0, 0.1) is 5.92 Å². The first-order valence-electron chi connectivity index (χ1n) is 7.11. The first-order chi connectivity index (χ1) is 9.26. The first kappa shape index (κ1) is 13.8. The van der Waals surface area contributed by atoms with E-state index in [4.69, 9.17) is 4.74 Å². The van der Waals surface area contributed by atoms with Crippen molar-refractivity contribution in [3.63, 3.8) is 0 Å². The molecule has 0 unspecified atom stereocenters. The van der Waals surface area contributed by atoms with E-state index in [0.717, 1.165) is 38.2 Å². The van der Waals surface area contributed by atoms with Crippen LogP contribution in [0.4, 0.5) is 5.82 Å².